The third-order valence-corrected chi connectivity index (χ3v) is 5.83. The van der Waals surface area contributed by atoms with Crippen LogP contribution in [0.4, 0.5) is 0 Å². The average Bonchev–Trinajstić information content (AvgIpc) is 3.16. The van der Waals surface area contributed by atoms with Gasteiger partial charge in [0.15, 0.2) is 5.82 Å². The predicted octanol–water partition coefficient (Wildman–Crippen LogP) is 5.16. The molecule has 33 heavy (non-hydrogen) atoms. The van der Waals surface area contributed by atoms with Gasteiger partial charge in [-0.25, -0.2) is 4.98 Å². The minimum Gasteiger partial charge on any atom is -0.497 e. The Balaban J connectivity index is 1.62. The first kappa shape index (κ1) is 20.8. The van der Waals surface area contributed by atoms with E-state index >= 15 is 0 Å². The van der Waals surface area contributed by atoms with Crippen LogP contribution in [0.15, 0.2) is 89.9 Å². The SMILES string of the molecule is COc1ccc(Cc2nc3c(Cc4ccccc4)[nH]c(-c4cccc(C)c4)cn-3c2=O)cc1. The summed E-state index contributed by atoms with van der Waals surface area (Å²) < 4.78 is 6.93. The summed E-state index contributed by atoms with van der Waals surface area (Å²) in [6.45, 7) is 2.07. The van der Waals surface area contributed by atoms with E-state index in [1.54, 1.807) is 11.7 Å². The number of aryl methyl sites for hydroxylation is 1. The first-order chi connectivity index (χ1) is 16.1. The van der Waals surface area contributed by atoms with Crippen molar-refractivity contribution in [3.63, 3.8) is 0 Å². The number of hydrogen-bond donors (Lipinski definition) is 1. The third-order valence-electron chi connectivity index (χ3n) is 5.83. The standard InChI is InChI=1S/C28H25N3O2/c1-19-7-6-10-22(15-19)26-18-31-27(24(29-26)16-20-8-4-3-5-9-20)30-25(28(31)32)17-21-11-13-23(33-2)14-12-21/h3-15,18,29H,16-17H2,1-2H3. The fourth-order valence-electron chi connectivity index (χ4n) is 4.11. The third kappa shape index (κ3) is 4.30. The lowest BCUT2D eigenvalue weighted by Gasteiger charge is -2.13. The monoisotopic (exact) mass is 435 g/mol. The van der Waals surface area contributed by atoms with Gasteiger partial charge in [-0.2, -0.15) is 0 Å². The first-order valence-electron chi connectivity index (χ1n) is 11.0. The van der Waals surface area contributed by atoms with Crippen LogP contribution in [-0.2, 0) is 12.8 Å². The van der Waals surface area contributed by atoms with E-state index in [0.29, 0.717) is 24.4 Å². The normalized spacial score (nSPS) is 11.1. The van der Waals surface area contributed by atoms with Gasteiger partial charge in [0.1, 0.15) is 11.4 Å². The van der Waals surface area contributed by atoms with Crippen molar-refractivity contribution in [2.45, 2.75) is 19.8 Å². The van der Waals surface area contributed by atoms with Crippen molar-refractivity contribution in [1.29, 1.82) is 0 Å². The van der Waals surface area contributed by atoms with Crippen LogP contribution >= 0.6 is 0 Å². The number of nitrogens with one attached hydrogen (secondary N) is 1. The Kier molecular flexibility index (Phi) is 5.53. The van der Waals surface area contributed by atoms with E-state index in [0.717, 1.165) is 33.8 Å². The second kappa shape index (κ2) is 8.79. The van der Waals surface area contributed by atoms with E-state index in [9.17, 15) is 4.79 Å². The van der Waals surface area contributed by atoms with Crippen LogP contribution in [0.25, 0.3) is 17.1 Å². The van der Waals surface area contributed by atoms with Gasteiger partial charge in [0.05, 0.1) is 18.5 Å². The summed E-state index contributed by atoms with van der Waals surface area (Å²) in [5, 5.41) is 0. The Bertz CT molecular complexity index is 1420. The summed E-state index contributed by atoms with van der Waals surface area (Å²) in [5.41, 5.74) is 6.63. The van der Waals surface area contributed by atoms with Crippen LogP contribution in [0.2, 0.25) is 0 Å². The van der Waals surface area contributed by atoms with E-state index in [1.165, 1.54) is 5.56 Å². The van der Waals surface area contributed by atoms with Crippen LogP contribution < -0.4 is 10.3 Å². The van der Waals surface area contributed by atoms with Crippen LogP contribution in [0.5, 0.6) is 5.75 Å². The van der Waals surface area contributed by atoms with Gasteiger partial charge in [-0.1, -0.05) is 66.2 Å². The van der Waals surface area contributed by atoms with Crippen molar-refractivity contribution in [3.05, 3.63) is 123 Å². The largest absolute Gasteiger partial charge is 0.497 e. The number of methoxy groups -OCH3 is 1. The van der Waals surface area contributed by atoms with E-state index in [4.69, 9.17) is 9.72 Å². The molecule has 0 saturated carbocycles. The molecular formula is C28H25N3O2. The van der Waals surface area contributed by atoms with E-state index in [2.05, 4.69) is 42.2 Å². The summed E-state index contributed by atoms with van der Waals surface area (Å²) in [5.74, 6) is 1.46. The predicted molar refractivity (Wildman–Crippen MR) is 131 cm³/mol. The molecule has 2 heterocycles. The lowest BCUT2D eigenvalue weighted by atomic mass is 10.1. The number of benzene rings is 3. The van der Waals surface area contributed by atoms with Crippen LogP contribution in [0, 0.1) is 6.92 Å². The number of ether oxygens (including phenoxy) is 1. The maximum absolute atomic E-state index is 13.4. The van der Waals surface area contributed by atoms with Crippen molar-refractivity contribution in [2.24, 2.45) is 0 Å². The van der Waals surface area contributed by atoms with Gasteiger partial charge in [0.25, 0.3) is 5.56 Å². The molecule has 0 spiro atoms. The zero-order valence-corrected chi connectivity index (χ0v) is 18.7. The molecule has 5 nitrogen and oxygen atoms in total. The molecule has 3 aromatic rings. The Morgan fingerprint density at radius 2 is 1.67 bits per heavy atom. The zero-order valence-electron chi connectivity index (χ0n) is 18.7. The fraction of sp³-hybridized carbons (Fsp3) is 0.143. The molecule has 164 valence electrons. The Morgan fingerprint density at radius 3 is 2.39 bits per heavy atom. The van der Waals surface area contributed by atoms with E-state index in [-0.39, 0.29) is 5.56 Å². The first-order valence-corrected chi connectivity index (χ1v) is 11.0. The molecule has 3 aromatic carbocycles. The lowest BCUT2D eigenvalue weighted by molar-refractivity contribution is 0.414. The smallest absolute Gasteiger partial charge is 0.278 e. The molecule has 0 amide bonds. The lowest BCUT2D eigenvalue weighted by Crippen LogP contribution is -2.17. The highest BCUT2D eigenvalue weighted by Gasteiger charge is 2.20. The summed E-state index contributed by atoms with van der Waals surface area (Å²) >= 11 is 0. The van der Waals surface area contributed by atoms with Gasteiger partial charge < -0.3 is 9.72 Å². The minimum absolute atomic E-state index is 0.0852. The van der Waals surface area contributed by atoms with Crippen molar-refractivity contribution >= 4 is 0 Å². The van der Waals surface area contributed by atoms with Gasteiger partial charge in [-0.05, 0) is 41.8 Å². The number of rotatable bonds is 6. The van der Waals surface area contributed by atoms with Crippen molar-refractivity contribution in [3.8, 4) is 22.8 Å². The molecule has 0 radical (unpaired) electrons. The number of imidazole rings is 1. The number of hydrogen-bond acceptors (Lipinski definition) is 3. The summed E-state index contributed by atoms with van der Waals surface area (Å²) in [4.78, 5) is 21.7. The maximum atomic E-state index is 13.4. The number of fused-ring (bicyclic) bond motifs is 1. The maximum Gasteiger partial charge on any atom is 0.278 e. The van der Waals surface area contributed by atoms with Gasteiger partial charge in [-0.3, -0.25) is 9.36 Å². The number of nitrogens with zero attached hydrogens (tertiary/aromatic N) is 2. The number of aromatic nitrogens is 3. The van der Waals surface area contributed by atoms with Gasteiger partial charge >= 0.3 is 0 Å². The number of aromatic amines is 1. The molecule has 5 heteroatoms. The molecule has 0 aromatic heterocycles. The average molecular weight is 436 g/mol. The molecule has 1 N–H and O–H groups in total. The quantitative estimate of drug-likeness (QED) is 0.401. The highest BCUT2D eigenvalue weighted by atomic mass is 16.5. The summed E-state index contributed by atoms with van der Waals surface area (Å²) in [6.07, 6.45) is 2.99. The molecule has 2 aliphatic rings. The van der Waals surface area contributed by atoms with Crippen molar-refractivity contribution in [1.82, 2.24) is 14.5 Å². The van der Waals surface area contributed by atoms with Crippen molar-refractivity contribution < 1.29 is 4.74 Å². The Labute approximate surface area is 192 Å². The van der Waals surface area contributed by atoms with Crippen molar-refractivity contribution in [2.75, 3.05) is 7.11 Å². The highest BCUT2D eigenvalue weighted by Crippen LogP contribution is 2.24. The van der Waals surface area contributed by atoms with Gasteiger partial charge in [0.2, 0.25) is 0 Å². The van der Waals surface area contributed by atoms with Crippen LogP contribution in [0.1, 0.15) is 28.1 Å². The Morgan fingerprint density at radius 1 is 0.909 bits per heavy atom. The zero-order chi connectivity index (χ0) is 22.8. The van der Waals surface area contributed by atoms with Gasteiger partial charge in [0, 0.05) is 19.0 Å². The molecule has 0 saturated heterocycles. The summed E-state index contributed by atoms with van der Waals surface area (Å²) in [7, 11) is 1.64. The van der Waals surface area contributed by atoms with E-state index < -0.39 is 0 Å². The Hall–Kier alpha value is -4.12. The highest BCUT2D eigenvalue weighted by molar-refractivity contribution is 5.61. The van der Waals surface area contributed by atoms with E-state index in [1.807, 2.05) is 54.7 Å². The molecule has 2 aliphatic heterocycles. The topological polar surface area (TPSA) is 59.9 Å². The molecular weight excluding hydrogens is 410 g/mol. The minimum atomic E-state index is -0.0852. The molecule has 0 atom stereocenters. The second-order valence-corrected chi connectivity index (χ2v) is 8.26. The number of H-pyrrole nitrogens is 1. The summed E-state index contributed by atoms with van der Waals surface area (Å²) in [6, 6.07) is 26.2. The molecule has 0 unspecified atom stereocenters. The van der Waals surface area contributed by atoms with Gasteiger partial charge in [-0.15, -0.1) is 0 Å². The molecule has 5 rings (SSSR count). The second-order valence-electron chi connectivity index (χ2n) is 8.26. The molecule has 0 bridgehead atoms. The van der Waals surface area contributed by atoms with Crippen LogP contribution in [0.3, 0.4) is 0 Å². The molecule has 0 fully saturated rings. The van der Waals surface area contributed by atoms with Crippen LogP contribution in [-0.4, -0.2) is 21.6 Å². The fourth-order valence-corrected chi connectivity index (χ4v) is 4.11. The molecule has 0 aliphatic carbocycles.